The van der Waals surface area contributed by atoms with Crippen molar-refractivity contribution in [3.63, 3.8) is 0 Å². The molecule has 0 saturated carbocycles. The number of ether oxygens (including phenoxy) is 1. The van der Waals surface area contributed by atoms with E-state index >= 15 is 0 Å². The molecule has 0 radical (unpaired) electrons. The van der Waals surface area contributed by atoms with E-state index in [0.29, 0.717) is 30.2 Å². The van der Waals surface area contributed by atoms with Gasteiger partial charge in [-0.15, -0.1) is 0 Å². The van der Waals surface area contributed by atoms with Crippen LogP contribution in [0.5, 0.6) is 5.88 Å². The van der Waals surface area contributed by atoms with Crippen LogP contribution in [0.3, 0.4) is 0 Å². The van der Waals surface area contributed by atoms with E-state index in [1.807, 2.05) is 41.3 Å². The minimum atomic E-state index is -0.0797. The number of anilines is 1. The van der Waals surface area contributed by atoms with Gasteiger partial charge in [0.05, 0.1) is 17.8 Å². The molecule has 1 saturated heterocycles. The largest absolute Gasteiger partial charge is 0.480 e. The van der Waals surface area contributed by atoms with Gasteiger partial charge >= 0.3 is 0 Å². The second-order valence-electron chi connectivity index (χ2n) is 6.33. The lowest BCUT2D eigenvalue weighted by Crippen LogP contribution is -2.49. The number of amides is 1. The summed E-state index contributed by atoms with van der Waals surface area (Å²) in [4.78, 5) is 25.7. The number of carbonyl (C=O) groups excluding carboxylic acids is 1. The van der Waals surface area contributed by atoms with Crippen LogP contribution in [-0.2, 0) is 0 Å². The molecule has 3 aromatic rings. The van der Waals surface area contributed by atoms with Crippen LogP contribution in [0.1, 0.15) is 10.4 Å². The fraction of sp³-hybridized carbons (Fsp3) is 0.250. The normalized spacial score (nSPS) is 14.4. The SMILES string of the molecule is COc1nc2ncccc2cc1C(=O)N1CCN(c2ccccc2Cl)CC1. The molecule has 138 valence electrons. The fourth-order valence-electron chi connectivity index (χ4n) is 3.33. The lowest BCUT2D eigenvalue weighted by molar-refractivity contribution is 0.0743. The van der Waals surface area contributed by atoms with Crippen molar-refractivity contribution in [2.24, 2.45) is 0 Å². The number of benzene rings is 1. The van der Waals surface area contributed by atoms with Crippen molar-refractivity contribution in [3.05, 3.63) is 59.2 Å². The number of methoxy groups -OCH3 is 1. The monoisotopic (exact) mass is 382 g/mol. The van der Waals surface area contributed by atoms with Gasteiger partial charge in [0, 0.05) is 37.8 Å². The van der Waals surface area contributed by atoms with E-state index in [1.165, 1.54) is 7.11 Å². The Morgan fingerprint density at radius 1 is 1.11 bits per heavy atom. The van der Waals surface area contributed by atoms with Crippen LogP contribution in [0.4, 0.5) is 5.69 Å². The number of hydrogen-bond donors (Lipinski definition) is 0. The number of pyridine rings is 2. The number of rotatable bonds is 3. The van der Waals surface area contributed by atoms with Crippen LogP contribution in [0, 0.1) is 0 Å². The van der Waals surface area contributed by atoms with Crippen molar-refractivity contribution in [2.45, 2.75) is 0 Å². The Morgan fingerprint density at radius 2 is 1.89 bits per heavy atom. The molecular weight excluding hydrogens is 364 g/mol. The molecule has 2 aromatic heterocycles. The molecule has 1 amide bonds. The summed E-state index contributed by atoms with van der Waals surface area (Å²) in [5.74, 6) is 0.226. The first kappa shape index (κ1) is 17.5. The van der Waals surface area contributed by atoms with Crippen LogP contribution in [0.2, 0.25) is 5.02 Å². The Morgan fingerprint density at radius 3 is 2.63 bits per heavy atom. The molecule has 4 rings (SSSR count). The summed E-state index contributed by atoms with van der Waals surface area (Å²) in [5, 5.41) is 1.54. The van der Waals surface area contributed by atoms with Gasteiger partial charge in [0.1, 0.15) is 5.56 Å². The van der Waals surface area contributed by atoms with E-state index in [1.54, 1.807) is 12.3 Å². The molecule has 0 atom stereocenters. The van der Waals surface area contributed by atoms with Crippen LogP contribution in [-0.4, -0.2) is 54.1 Å². The van der Waals surface area contributed by atoms with Crippen molar-refractivity contribution in [2.75, 3.05) is 38.2 Å². The summed E-state index contributed by atoms with van der Waals surface area (Å²) in [6.07, 6.45) is 1.67. The maximum atomic E-state index is 13.1. The summed E-state index contributed by atoms with van der Waals surface area (Å²) in [6.45, 7) is 2.66. The summed E-state index contributed by atoms with van der Waals surface area (Å²) in [5.41, 5.74) is 2.03. The van der Waals surface area contributed by atoms with Crippen molar-refractivity contribution in [3.8, 4) is 5.88 Å². The van der Waals surface area contributed by atoms with Crippen LogP contribution < -0.4 is 9.64 Å². The molecule has 1 aliphatic rings. The van der Waals surface area contributed by atoms with Gasteiger partial charge in [0.15, 0.2) is 5.65 Å². The molecule has 1 aliphatic heterocycles. The second-order valence-corrected chi connectivity index (χ2v) is 6.73. The van der Waals surface area contributed by atoms with E-state index in [2.05, 4.69) is 14.9 Å². The highest BCUT2D eigenvalue weighted by Crippen LogP contribution is 2.27. The van der Waals surface area contributed by atoms with Gasteiger partial charge in [-0.2, -0.15) is 4.98 Å². The third-order valence-corrected chi connectivity index (χ3v) is 5.06. The predicted octanol–water partition coefficient (Wildman–Crippen LogP) is 3.25. The van der Waals surface area contributed by atoms with Crippen molar-refractivity contribution in [1.82, 2.24) is 14.9 Å². The van der Waals surface area contributed by atoms with Gasteiger partial charge in [-0.1, -0.05) is 23.7 Å². The predicted molar refractivity (Wildman–Crippen MR) is 106 cm³/mol. The van der Waals surface area contributed by atoms with Crippen LogP contribution in [0.15, 0.2) is 48.7 Å². The number of fused-ring (bicyclic) bond motifs is 1. The van der Waals surface area contributed by atoms with Crippen molar-refractivity contribution in [1.29, 1.82) is 0 Å². The maximum Gasteiger partial charge on any atom is 0.259 e. The van der Waals surface area contributed by atoms with Crippen LogP contribution in [0.25, 0.3) is 11.0 Å². The van der Waals surface area contributed by atoms with Gasteiger partial charge in [0.25, 0.3) is 5.91 Å². The molecule has 3 heterocycles. The standard InChI is InChI=1S/C20H19ClN4O2/c1-27-19-15(13-14-5-4-8-22-18(14)23-19)20(26)25-11-9-24(10-12-25)17-7-3-2-6-16(17)21/h2-8,13H,9-12H2,1H3. The minimum absolute atomic E-state index is 0.0797. The van der Waals surface area contributed by atoms with E-state index < -0.39 is 0 Å². The molecular formula is C20H19ClN4O2. The average Bonchev–Trinajstić information content (AvgIpc) is 2.72. The fourth-order valence-corrected chi connectivity index (χ4v) is 3.58. The lowest BCUT2D eigenvalue weighted by atomic mass is 10.1. The third-order valence-electron chi connectivity index (χ3n) is 4.74. The lowest BCUT2D eigenvalue weighted by Gasteiger charge is -2.36. The Balaban J connectivity index is 1.54. The quantitative estimate of drug-likeness (QED) is 0.696. The zero-order valence-electron chi connectivity index (χ0n) is 14.9. The highest BCUT2D eigenvalue weighted by molar-refractivity contribution is 6.33. The van der Waals surface area contributed by atoms with E-state index in [4.69, 9.17) is 16.3 Å². The zero-order valence-corrected chi connectivity index (χ0v) is 15.7. The maximum absolute atomic E-state index is 13.1. The summed E-state index contributed by atoms with van der Waals surface area (Å²) in [7, 11) is 1.52. The molecule has 7 heteroatoms. The topological polar surface area (TPSA) is 58.6 Å². The molecule has 6 nitrogen and oxygen atoms in total. The van der Waals surface area contributed by atoms with Crippen LogP contribution >= 0.6 is 11.6 Å². The van der Waals surface area contributed by atoms with Gasteiger partial charge in [-0.3, -0.25) is 4.79 Å². The smallest absolute Gasteiger partial charge is 0.259 e. The molecule has 0 N–H and O–H groups in total. The number of carbonyl (C=O) groups is 1. The van der Waals surface area contributed by atoms with Crippen molar-refractivity contribution >= 4 is 34.2 Å². The van der Waals surface area contributed by atoms with Crippen molar-refractivity contribution < 1.29 is 9.53 Å². The number of nitrogens with zero attached hydrogens (tertiary/aromatic N) is 4. The number of piperazine rings is 1. The Labute approximate surface area is 162 Å². The minimum Gasteiger partial charge on any atom is -0.480 e. The Hall–Kier alpha value is -2.86. The summed E-state index contributed by atoms with van der Waals surface area (Å²) in [6, 6.07) is 13.3. The highest BCUT2D eigenvalue weighted by atomic mass is 35.5. The molecule has 0 spiro atoms. The molecule has 1 aromatic carbocycles. The molecule has 27 heavy (non-hydrogen) atoms. The van der Waals surface area contributed by atoms with E-state index in [0.717, 1.165) is 29.2 Å². The first-order valence-electron chi connectivity index (χ1n) is 8.76. The molecule has 0 unspecified atom stereocenters. The highest BCUT2D eigenvalue weighted by Gasteiger charge is 2.26. The number of para-hydroxylation sites is 1. The van der Waals surface area contributed by atoms with Gasteiger partial charge in [-0.25, -0.2) is 4.98 Å². The first-order valence-corrected chi connectivity index (χ1v) is 9.13. The van der Waals surface area contributed by atoms with Gasteiger partial charge in [-0.05, 0) is 30.3 Å². The average molecular weight is 383 g/mol. The summed E-state index contributed by atoms with van der Waals surface area (Å²) < 4.78 is 5.35. The Bertz CT molecular complexity index is 987. The molecule has 0 aliphatic carbocycles. The summed E-state index contributed by atoms with van der Waals surface area (Å²) >= 11 is 6.29. The number of aromatic nitrogens is 2. The molecule has 1 fully saturated rings. The Kier molecular flexibility index (Phi) is 4.81. The molecule has 0 bridgehead atoms. The van der Waals surface area contributed by atoms with Gasteiger partial charge in [0.2, 0.25) is 5.88 Å². The zero-order chi connectivity index (χ0) is 18.8. The first-order chi connectivity index (χ1) is 13.2. The van der Waals surface area contributed by atoms with E-state index in [-0.39, 0.29) is 5.91 Å². The van der Waals surface area contributed by atoms with E-state index in [9.17, 15) is 4.79 Å². The second kappa shape index (κ2) is 7.40. The third kappa shape index (κ3) is 3.40. The van der Waals surface area contributed by atoms with Gasteiger partial charge < -0.3 is 14.5 Å². The number of hydrogen-bond acceptors (Lipinski definition) is 5. The number of halogens is 1.